The Bertz CT molecular complexity index is 218. The molecular formula is C9H18N4. The third-order valence-corrected chi connectivity index (χ3v) is 2.00. The molecule has 13 heavy (non-hydrogen) atoms. The molecule has 1 unspecified atom stereocenters. The van der Waals surface area contributed by atoms with Gasteiger partial charge in [-0.1, -0.05) is 0 Å². The van der Waals surface area contributed by atoms with Gasteiger partial charge in [0.15, 0.2) is 0 Å². The zero-order chi connectivity index (χ0) is 9.68. The van der Waals surface area contributed by atoms with Crippen LogP contribution in [0.3, 0.4) is 0 Å². The van der Waals surface area contributed by atoms with Crippen molar-refractivity contribution in [1.82, 2.24) is 20.4 Å². The van der Waals surface area contributed by atoms with Crippen LogP contribution in [0.1, 0.15) is 18.7 Å². The summed E-state index contributed by atoms with van der Waals surface area (Å²) in [5.41, 5.74) is 1.14. The summed E-state index contributed by atoms with van der Waals surface area (Å²) in [7, 11) is 4.14. The molecule has 4 heteroatoms. The Kier molecular flexibility index (Phi) is 3.92. The molecule has 2 N–H and O–H groups in total. The first-order chi connectivity index (χ1) is 6.20. The zero-order valence-corrected chi connectivity index (χ0v) is 8.54. The zero-order valence-electron chi connectivity index (χ0n) is 8.54. The molecule has 0 fully saturated rings. The van der Waals surface area contributed by atoms with Crippen molar-refractivity contribution in [3.05, 3.63) is 18.0 Å². The van der Waals surface area contributed by atoms with E-state index in [4.69, 9.17) is 0 Å². The monoisotopic (exact) mass is 182 g/mol. The summed E-state index contributed by atoms with van der Waals surface area (Å²) in [6.07, 6.45) is 1.78. The van der Waals surface area contributed by atoms with Gasteiger partial charge in [-0.25, -0.2) is 0 Å². The van der Waals surface area contributed by atoms with Gasteiger partial charge in [0.05, 0.1) is 5.69 Å². The van der Waals surface area contributed by atoms with Crippen LogP contribution in [0.15, 0.2) is 12.3 Å². The Hall–Kier alpha value is -0.870. The highest BCUT2D eigenvalue weighted by Gasteiger charge is 2.04. The SMILES string of the molecule is CC(NCCN(C)C)c1ccn[nH]1. The van der Waals surface area contributed by atoms with E-state index in [0.717, 1.165) is 18.8 Å². The number of likely N-dealkylation sites (N-methyl/N-ethyl adjacent to an activating group) is 1. The maximum Gasteiger partial charge on any atom is 0.0518 e. The minimum Gasteiger partial charge on any atom is -0.308 e. The summed E-state index contributed by atoms with van der Waals surface area (Å²) >= 11 is 0. The van der Waals surface area contributed by atoms with Crippen molar-refractivity contribution in [1.29, 1.82) is 0 Å². The van der Waals surface area contributed by atoms with E-state index in [9.17, 15) is 0 Å². The predicted molar refractivity (Wildman–Crippen MR) is 53.6 cm³/mol. The van der Waals surface area contributed by atoms with Gasteiger partial charge in [-0.15, -0.1) is 0 Å². The van der Waals surface area contributed by atoms with E-state index in [-0.39, 0.29) is 0 Å². The molecule has 1 heterocycles. The number of hydrogen-bond acceptors (Lipinski definition) is 3. The van der Waals surface area contributed by atoms with Crippen molar-refractivity contribution in [2.24, 2.45) is 0 Å². The minimum atomic E-state index is 0.349. The Morgan fingerprint density at radius 1 is 1.62 bits per heavy atom. The van der Waals surface area contributed by atoms with Crippen molar-refractivity contribution < 1.29 is 0 Å². The Balaban J connectivity index is 2.22. The minimum absolute atomic E-state index is 0.349. The number of aromatic amines is 1. The number of nitrogens with zero attached hydrogens (tertiary/aromatic N) is 2. The highest BCUT2D eigenvalue weighted by Crippen LogP contribution is 2.05. The van der Waals surface area contributed by atoms with Gasteiger partial charge in [0.1, 0.15) is 0 Å². The second kappa shape index (κ2) is 4.99. The van der Waals surface area contributed by atoms with Gasteiger partial charge in [0, 0.05) is 25.3 Å². The molecule has 0 aromatic carbocycles. The molecule has 0 aliphatic carbocycles. The lowest BCUT2D eigenvalue weighted by atomic mass is 10.2. The van der Waals surface area contributed by atoms with Gasteiger partial charge in [-0.3, -0.25) is 5.10 Å². The van der Waals surface area contributed by atoms with Crippen LogP contribution in [-0.2, 0) is 0 Å². The summed E-state index contributed by atoms with van der Waals surface area (Å²) in [4.78, 5) is 2.16. The van der Waals surface area contributed by atoms with Crippen LogP contribution in [0.4, 0.5) is 0 Å². The van der Waals surface area contributed by atoms with Gasteiger partial charge in [0.25, 0.3) is 0 Å². The molecule has 0 saturated heterocycles. The Morgan fingerprint density at radius 3 is 2.92 bits per heavy atom. The highest BCUT2D eigenvalue weighted by molar-refractivity contribution is 5.02. The molecule has 0 saturated carbocycles. The fourth-order valence-corrected chi connectivity index (χ4v) is 1.12. The molecule has 0 bridgehead atoms. The van der Waals surface area contributed by atoms with Crippen molar-refractivity contribution in [3.63, 3.8) is 0 Å². The standard InChI is InChI=1S/C9H18N4/c1-8(9-4-5-11-12-9)10-6-7-13(2)3/h4-5,8,10H,6-7H2,1-3H3,(H,11,12). The normalized spacial score (nSPS) is 13.5. The first-order valence-corrected chi connectivity index (χ1v) is 4.57. The maximum atomic E-state index is 3.91. The van der Waals surface area contributed by atoms with Crippen LogP contribution in [0, 0.1) is 0 Å². The molecule has 0 amide bonds. The van der Waals surface area contributed by atoms with E-state index in [2.05, 4.69) is 41.4 Å². The average molecular weight is 182 g/mol. The van der Waals surface area contributed by atoms with Crippen LogP contribution < -0.4 is 5.32 Å². The second-order valence-corrected chi connectivity index (χ2v) is 3.49. The van der Waals surface area contributed by atoms with Crippen molar-refractivity contribution in [3.8, 4) is 0 Å². The summed E-state index contributed by atoms with van der Waals surface area (Å²) in [6.45, 7) is 4.18. The van der Waals surface area contributed by atoms with Crippen LogP contribution in [0.5, 0.6) is 0 Å². The average Bonchev–Trinajstić information content (AvgIpc) is 2.55. The van der Waals surface area contributed by atoms with Crippen LogP contribution in [0.2, 0.25) is 0 Å². The Labute approximate surface area is 79.3 Å². The molecule has 1 aromatic rings. The number of H-pyrrole nitrogens is 1. The molecule has 0 spiro atoms. The fraction of sp³-hybridized carbons (Fsp3) is 0.667. The van der Waals surface area contributed by atoms with Gasteiger partial charge in [0.2, 0.25) is 0 Å². The summed E-state index contributed by atoms with van der Waals surface area (Å²) in [6, 6.07) is 2.34. The van der Waals surface area contributed by atoms with E-state index >= 15 is 0 Å². The quantitative estimate of drug-likeness (QED) is 0.701. The maximum absolute atomic E-state index is 3.91. The number of aromatic nitrogens is 2. The van der Waals surface area contributed by atoms with E-state index in [0.29, 0.717) is 6.04 Å². The van der Waals surface area contributed by atoms with E-state index in [1.807, 2.05) is 6.07 Å². The molecule has 0 aliphatic heterocycles. The lowest BCUT2D eigenvalue weighted by Gasteiger charge is -2.14. The van der Waals surface area contributed by atoms with E-state index in [1.54, 1.807) is 6.20 Å². The van der Waals surface area contributed by atoms with Crippen LogP contribution in [-0.4, -0.2) is 42.3 Å². The fourth-order valence-electron chi connectivity index (χ4n) is 1.12. The third kappa shape index (κ3) is 3.57. The molecule has 1 aromatic heterocycles. The molecule has 1 atom stereocenters. The van der Waals surface area contributed by atoms with Crippen molar-refractivity contribution in [2.75, 3.05) is 27.2 Å². The predicted octanol–water partition coefficient (Wildman–Crippen LogP) is 0.622. The summed E-state index contributed by atoms with van der Waals surface area (Å²) < 4.78 is 0. The van der Waals surface area contributed by atoms with Gasteiger partial charge in [-0.05, 0) is 27.1 Å². The Morgan fingerprint density at radius 2 is 2.38 bits per heavy atom. The molecule has 74 valence electrons. The number of nitrogens with one attached hydrogen (secondary N) is 2. The van der Waals surface area contributed by atoms with E-state index < -0.39 is 0 Å². The number of hydrogen-bond donors (Lipinski definition) is 2. The topological polar surface area (TPSA) is 44.0 Å². The second-order valence-electron chi connectivity index (χ2n) is 3.49. The molecule has 0 aliphatic rings. The first-order valence-electron chi connectivity index (χ1n) is 4.57. The van der Waals surface area contributed by atoms with Crippen molar-refractivity contribution >= 4 is 0 Å². The van der Waals surface area contributed by atoms with E-state index in [1.165, 1.54) is 0 Å². The number of rotatable bonds is 5. The van der Waals surface area contributed by atoms with Gasteiger partial charge in [-0.2, -0.15) is 5.10 Å². The molecule has 0 radical (unpaired) electrons. The third-order valence-electron chi connectivity index (χ3n) is 2.00. The van der Waals surface area contributed by atoms with Gasteiger partial charge < -0.3 is 10.2 Å². The van der Waals surface area contributed by atoms with Crippen LogP contribution >= 0.6 is 0 Å². The lowest BCUT2D eigenvalue weighted by Crippen LogP contribution is -2.28. The highest BCUT2D eigenvalue weighted by atomic mass is 15.1. The first kappa shape index (κ1) is 10.2. The largest absolute Gasteiger partial charge is 0.308 e. The van der Waals surface area contributed by atoms with Gasteiger partial charge >= 0.3 is 0 Å². The van der Waals surface area contributed by atoms with Crippen molar-refractivity contribution in [2.45, 2.75) is 13.0 Å². The molecule has 1 rings (SSSR count). The smallest absolute Gasteiger partial charge is 0.0518 e. The molecular weight excluding hydrogens is 164 g/mol. The summed E-state index contributed by atoms with van der Waals surface area (Å²) in [5, 5.41) is 10.3. The van der Waals surface area contributed by atoms with Crippen LogP contribution in [0.25, 0.3) is 0 Å². The lowest BCUT2D eigenvalue weighted by molar-refractivity contribution is 0.388. The molecule has 4 nitrogen and oxygen atoms in total. The summed E-state index contributed by atoms with van der Waals surface area (Å²) in [5.74, 6) is 0.